The zero-order valence-electron chi connectivity index (χ0n) is 20.0. The van der Waals surface area contributed by atoms with Crippen LogP contribution in [-0.2, 0) is 26.1 Å². The lowest BCUT2D eigenvalue weighted by Crippen LogP contribution is -2.37. The lowest BCUT2D eigenvalue weighted by Gasteiger charge is -2.31. The Kier molecular flexibility index (Phi) is 6.90. The summed E-state index contributed by atoms with van der Waals surface area (Å²) >= 11 is 6.49. The molecule has 2 aromatic carbocycles. The number of hydrogen-bond acceptors (Lipinski definition) is 5. The van der Waals surface area contributed by atoms with Crippen LogP contribution >= 0.6 is 11.6 Å². The quantitative estimate of drug-likeness (QED) is 0.344. The van der Waals surface area contributed by atoms with Gasteiger partial charge < -0.3 is 19.9 Å². The van der Waals surface area contributed by atoms with E-state index >= 15 is 0 Å². The molecule has 2 N–H and O–H groups in total. The number of anilines is 1. The molecule has 0 radical (unpaired) electrons. The highest BCUT2D eigenvalue weighted by Crippen LogP contribution is 2.36. The number of benzene rings is 2. The summed E-state index contributed by atoms with van der Waals surface area (Å²) in [5.74, 6) is -1.41. The van der Waals surface area contributed by atoms with E-state index in [1.165, 1.54) is 12.3 Å². The number of imidazole rings is 1. The highest BCUT2D eigenvalue weighted by Gasteiger charge is 2.28. The van der Waals surface area contributed by atoms with Crippen LogP contribution in [0, 0.1) is 11.6 Å². The molecule has 1 amide bonds. The number of fused-ring (bicyclic) bond motifs is 1. The van der Waals surface area contributed by atoms with Crippen LogP contribution in [0.4, 0.5) is 14.7 Å². The molecule has 7 nitrogen and oxygen atoms in total. The Hall–Kier alpha value is -3.82. The molecule has 0 atom stereocenters. The van der Waals surface area contributed by atoms with E-state index in [4.69, 9.17) is 11.6 Å². The van der Waals surface area contributed by atoms with Crippen molar-refractivity contribution >= 4 is 23.5 Å². The van der Waals surface area contributed by atoms with Gasteiger partial charge >= 0.3 is 0 Å². The molecule has 10 heteroatoms. The Bertz CT molecular complexity index is 1490. The first-order valence-electron chi connectivity index (χ1n) is 11.7. The predicted molar refractivity (Wildman–Crippen MR) is 136 cm³/mol. The third-order valence-electron chi connectivity index (χ3n) is 6.48. The number of rotatable bonds is 7. The maximum Gasteiger partial charge on any atom is 0.254 e. The lowest BCUT2D eigenvalue weighted by atomic mass is 9.88. The topological polar surface area (TPSA) is 83.3 Å². The number of hydrogen-bond donors (Lipinski definition) is 2. The zero-order chi connectivity index (χ0) is 26.1. The molecule has 1 aliphatic heterocycles. The molecule has 0 unspecified atom stereocenters. The van der Waals surface area contributed by atoms with Crippen molar-refractivity contribution in [3.8, 4) is 11.1 Å². The van der Waals surface area contributed by atoms with Gasteiger partial charge in [-0.3, -0.25) is 4.79 Å². The van der Waals surface area contributed by atoms with Crippen LogP contribution in [0.25, 0.3) is 11.1 Å². The standard InChI is InChI=1S/C27H24ClF2N5O2/c1-31-27-32-5-7-35(27)14-17-8-20(21-10-18(15-36)12-33-25(21)28)19-4-6-34(26(37)22(19)9-17)13-16-2-3-23(29)24(30)11-16/h2-3,5,7-12,36H,4,6,13-15H2,1H3,(H,31,32). The van der Waals surface area contributed by atoms with Gasteiger partial charge in [-0.2, -0.15) is 0 Å². The van der Waals surface area contributed by atoms with Crippen LogP contribution in [0.5, 0.6) is 0 Å². The van der Waals surface area contributed by atoms with E-state index in [1.54, 1.807) is 24.2 Å². The fraction of sp³-hybridized carbons (Fsp3) is 0.222. The first-order chi connectivity index (χ1) is 17.9. The minimum atomic E-state index is -0.946. The Morgan fingerprint density at radius 1 is 1.00 bits per heavy atom. The fourth-order valence-corrected chi connectivity index (χ4v) is 4.88. The molecular weight excluding hydrogens is 500 g/mol. The highest BCUT2D eigenvalue weighted by molar-refractivity contribution is 6.32. The average Bonchev–Trinajstić information content (AvgIpc) is 3.35. The van der Waals surface area contributed by atoms with Crippen molar-refractivity contribution in [1.29, 1.82) is 0 Å². The minimum Gasteiger partial charge on any atom is -0.392 e. The number of nitrogens with one attached hydrogen (secondary N) is 1. The number of carbonyl (C=O) groups excluding carboxylic acids is 1. The summed E-state index contributed by atoms with van der Waals surface area (Å²) in [7, 11) is 1.78. The van der Waals surface area contributed by atoms with Crippen LogP contribution < -0.4 is 5.32 Å². The van der Waals surface area contributed by atoms with Crippen molar-refractivity contribution in [2.24, 2.45) is 0 Å². The van der Waals surface area contributed by atoms with Gasteiger partial charge in [0.2, 0.25) is 5.95 Å². The summed E-state index contributed by atoms with van der Waals surface area (Å²) in [5, 5.41) is 13.0. The first kappa shape index (κ1) is 24.9. The van der Waals surface area contributed by atoms with Crippen LogP contribution in [-0.4, -0.2) is 44.0 Å². The summed E-state index contributed by atoms with van der Waals surface area (Å²) in [6.45, 7) is 0.800. The van der Waals surface area contributed by atoms with Gasteiger partial charge in [-0.15, -0.1) is 0 Å². The number of pyridine rings is 1. The Morgan fingerprint density at radius 3 is 2.54 bits per heavy atom. The Morgan fingerprint density at radius 2 is 1.78 bits per heavy atom. The average molecular weight is 524 g/mol. The van der Waals surface area contributed by atoms with E-state index in [0.717, 1.165) is 28.8 Å². The number of aliphatic hydroxyl groups excluding tert-OH is 1. The van der Waals surface area contributed by atoms with Gasteiger partial charge in [-0.05, 0) is 64.6 Å². The van der Waals surface area contributed by atoms with Gasteiger partial charge in [0.15, 0.2) is 11.6 Å². The maximum atomic E-state index is 13.8. The molecule has 0 spiro atoms. The second-order valence-corrected chi connectivity index (χ2v) is 9.22. The van der Waals surface area contributed by atoms with Gasteiger partial charge in [-0.25, -0.2) is 18.7 Å². The summed E-state index contributed by atoms with van der Waals surface area (Å²) in [5.41, 5.74) is 4.70. The molecule has 0 fully saturated rings. The van der Waals surface area contributed by atoms with E-state index < -0.39 is 11.6 Å². The Labute approximate surface area is 217 Å². The third-order valence-corrected chi connectivity index (χ3v) is 6.78. The van der Waals surface area contributed by atoms with Crippen LogP contribution in [0.1, 0.15) is 32.6 Å². The molecule has 4 aromatic rings. The zero-order valence-corrected chi connectivity index (χ0v) is 20.8. The summed E-state index contributed by atoms with van der Waals surface area (Å²) < 4.78 is 29.1. The molecular formula is C27H24ClF2N5O2. The molecule has 0 bridgehead atoms. The number of carbonyl (C=O) groups is 1. The number of aliphatic hydroxyl groups is 1. The van der Waals surface area contributed by atoms with Crippen molar-refractivity contribution in [3.05, 3.63) is 99.6 Å². The fourth-order valence-electron chi connectivity index (χ4n) is 4.68. The maximum absolute atomic E-state index is 13.8. The van der Waals surface area contributed by atoms with Gasteiger partial charge in [0.1, 0.15) is 5.15 Å². The normalized spacial score (nSPS) is 13.1. The van der Waals surface area contributed by atoms with Crippen molar-refractivity contribution in [1.82, 2.24) is 19.4 Å². The van der Waals surface area contributed by atoms with E-state index in [-0.39, 0.29) is 24.2 Å². The SMILES string of the molecule is CNc1nccn1Cc1cc2c(c(-c3cc(CO)cnc3Cl)c1)CCN(Cc1ccc(F)c(F)c1)C2=O. The number of halogens is 3. The lowest BCUT2D eigenvalue weighted by molar-refractivity contribution is 0.0727. The number of amides is 1. The molecule has 5 rings (SSSR count). The molecule has 1 aliphatic rings. The second kappa shape index (κ2) is 10.3. The first-order valence-corrected chi connectivity index (χ1v) is 12.1. The van der Waals surface area contributed by atoms with Crippen molar-refractivity contribution < 1.29 is 18.7 Å². The van der Waals surface area contributed by atoms with Gasteiger partial charge in [0, 0.05) is 49.9 Å². The van der Waals surface area contributed by atoms with Crippen molar-refractivity contribution in [2.45, 2.75) is 26.1 Å². The molecule has 3 heterocycles. The molecule has 0 saturated heterocycles. The summed E-state index contributed by atoms with van der Waals surface area (Å²) in [6, 6.07) is 9.28. The van der Waals surface area contributed by atoms with E-state index in [9.17, 15) is 18.7 Å². The monoisotopic (exact) mass is 523 g/mol. The van der Waals surface area contributed by atoms with Crippen LogP contribution in [0.2, 0.25) is 5.15 Å². The third kappa shape index (κ3) is 4.92. The van der Waals surface area contributed by atoms with E-state index in [0.29, 0.717) is 47.7 Å². The largest absolute Gasteiger partial charge is 0.392 e. The van der Waals surface area contributed by atoms with E-state index in [2.05, 4.69) is 15.3 Å². The molecule has 2 aromatic heterocycles. The highest BCUT2D eigenvalue weighted by atomic mass is 35.5. The smallest absolute Gasteiger partial charge is 0.254 e. The Balaban J connectivity index is 1.58. The predicted octanol–water partition coefficient (Wildman–Crippen LogP) is 4.66. The van der Waals surface area contributed by atoms with Gasteiger partial charge in [0.05, 0.1) is 13.2 Å². The summed E-state index contributed by atoms with van der Waals surface area (Å²) in [4.78, 5) is 23.8. The van der Waals surface area contributed by atoms with Gasteiger partial charge in [-0.1, -0.05) is 17.7 Å². The molecule has 0 aliphatic carbocycles. The molecule has 37 heavy (non-hydrogen) atoms. The number of nitrogens with zero attached hydrogens (tertiary/aromatic N) is 4. The van der Waals surface area contributed by atoms with E-state index in [1.807, 2.05) is 22.9 Å². The summed E-state index contributed by atoms with van der Waals surface area (Å²) in [6.07, 6.45) is 5.57. The van der Waals surface area contributed by atoms with Gasteiger partial charge in [0.25, 0.3) is 5.91 Å². The minimum absolute atomic E-state index is 0.156. The second-order valence-electron chi connectivity index (χ2n) is 8.86. The van der Waals surface area contributed by atoms with Crippen LogP contribution in [0.3, 0.4) is 0 Å². The van der Waals surface area contributed by atoms with Crippen molar-refractivity contribution in [2.75, 3.05) is 18.9 Å². The molecule has 0 saturated carbocycles. The van der Waals surface area contributed by atoms with Crippen molar-refractivity contribution in [3.63, 3.8) is 0 Å². The van der Waals surface area contributed by atoms with Crippen LogP contribution in [0.15, 0.2) is 55.0 Å². The molecule has 190 valence electrons. The number of aromatic nitrogens is 3.